The summed E-state index contributed by atoms with van der Waals surface area (Å²) in [6.07, 6.45) is 1.73. The molecule has 0 spiro atoms. The van der Waals surface area contributed by atoms with E-state index in [0.717, 1.165) is 25.6 Å². The number of nitrogens with zero attached hydrogens (tertiary/aromatic N) is 2. The molecule has 1 saturated heterocycles. The van der Waals surface area contributed by atoms with E-state index in [2.05, 4.69) is 23.2 Å². The normalized spacial score (nSPS) is 19.1. The molecule has 1 amide bonds. The molecule has 100 valence electrons. The van der Waals surface area contributed by atoms with E-state index in [1.807, 2.05) is 0 Å². The Kier molecular flexibility index (Phi) is 4.53. The molecule has 2 rings (SSSR count). The van der Waals surface area contributed by atoms with Gasteiger partial charge in [0.05, 0.1) is 11.6 Å². The van der Waals surface area contributed by atoms with Crippen molar-refractivity contribution in [1.29, 1.82) is 5.26 Å². The first-order chi connectivity index (χ1) is 9.17. The van der Waals surface area contributed by atoms with Crippen LogP contribution < -0.4 is 5.32 Å². The van der Waals surface area contributed by atoms with Gasteiger partial charge in [-0.3, -0.25) is 4.79 Å². The zero-order valence-electron chi connectivity index (χ0n) is 11.2. The van der Waals surface area contributed by atoms with Gasteiger partial charge in [-0.15, -0.1) is 0 Å². The van der Waals surface area contributed by atoms with Crippen LogP contribution >= 0.6 is 0 Å². The molecule has 1 atom stereocenters. The average molecular weight is 257 g/mol. The minimum absolute atomic E-state index is 0.00893. The van der Waals surface area contributed by atoms with Gasteiger partial charge < -0.3 is 10.2 Å². The second-order valence-electron chi connectivity index (χ2n) is 5.19. The van der Waals surface area contributed by atoms with Gasteiger partial charge in [-0.2, -0.15) is 5.26 Å². The zero-order valence-corrected chi connectivity index (χ0v) is 11.2. The molecule has 0 saturated carbocycles. The van der Waals surface area contributed by atoms with E-state index in [4.69, 9.17) is 5.26 Å². The standard InChI is InChI=1S/C15H19N3O/c1-12-5-7-18(11-12)8-6-15(19)17-14-4-2-3-13(9-14)10-16/h2-4,9,12H,5-8,11H2,1H3,(H,17,19). The average Bonchev–Trinajstić information content (AvgIpc) is 2.82. The second-order valence-corrected chi connectivity index (χ2v) is 5.19. The quantitative estimate of drug-likeness (QED) is 0.900. The first kappa shape index (κ1) is 13.6. The number of rotatable bonds is 4. The van der Waals surface area contributed by atoms with Gasteiger partial charge in [0, 0.05) is 25.2 Å². The van der Waals surface area contributed by atoms with Gasteiger partial charge in [-0.05, 0) is 37.1 Å². The van der Waals surface area contributed by atoms with Crippen LogP contribution in [0, 0.1) is 17.2 Å². The number of amides is 1. The number of hydrogen-bond acceptors (Lipinski definition) is 3. The lowest BCUT2D eigenvalue weighted by molar-refractivity contribution is -0.116. The van der Waals surface area contributed by atoms with E-state index >= 15 is 0 Å². The lowest BCUT2D eigenvalue weighted by Crippen LogP contribution is -2.25. The molecule has 4 nitrogen and oxygen atoms in total. The van der Waals surface area contributed by atoms with Crippen LogP contribution in [0.3, 0.4) is 0 Å². The van der Waals surface area contributed by atoms with Crippen molar-refractivity contribution in [1.82, 2.24) is 4.90 Å². The largest absolute Gasteiger partial charge is 0.326 e. The van der Waals surface area contributed by atoms with E-state index < -0.39 is 0 Å². The maximum absolute atomic E-state index is 11.8. The van der Waals surface area contributed by atoms with E-state index in [1.54, 1.807) is 24.3 Å². The van der Waals surface area contributed by atoms with Crippen molar-refractivity contribution in [2.75, 3.05) is 25.0 Å². The van der Waals surface area contributed by atoms with E-state index in [0.29, 0.717) is 17.7 Å². The highest BCUT2D eigenvalue weighted by Gasteiger charge is 2.18. The summed E-state index contributed by atoms with van der Waals surface area (Å²) >= 11 is 0. The Bertz CT molecular complexity index is 492. The Morgan fingerprint density at radius 1 is 1.58 bits per heavy atom. The summed E-state index contributed by atoms with van der Waals surface area (Å²) in [5.41, 5.74) is 1.25. The molecule has 0 aliphatic carbocycles. The van der Waals surface area contributed by atoms with Crippen molar-refractivity contribution in [2.45, 2.75) is 19.8 Å². The number of benzene rings is 1. The molecular weight excluding hydrogens is 238 g/mol. The summed E-state index contributed by atoms with van der Waals surface area (Å²) < 4.78 is 0. The number of nitriles is 1. The Labute approximate surface area is 114 Å². The van der Waals surface area contributed by atoms with Gasteiger partial charge in [0.1, 0.15) is 0 Å². The molecule has 4 heteroatoms. The van der Waals surface area contributed by atoms with Gasteiger partial charge >= 0.3 is 0 Å². The highest BCUT2D eigenvalue weighted by molar-refractivity contribution is 5.90. The van der Waals surface area contributed by atoms with E-state index in [1.165, 1.54) is 6.42 Å². The number of carbonyl (C=O) groups is 1. The highest BCUT2D eigenvalue weighted by Crippen LogP contribution is 2.15. The summed E-state index contributed by atoms with van der Waals surface area (Å²) in [6, 6.07) is 9.05. The summed E-state index contributed by atoms with van der Waals surface area (Å²) in [6.45, 7) is 5.25. The predicted molar refractivity (Wildman–Crippen MR) is 74.6 cm³/mol. The summed E-state index contributed by atoms with van der Waals surface area (Å²) in [5.74, 6) is 0.755. The molecule has 1 heterocycles. The number of anilines is 1. The molecule has 0 aromatic heterocycles. The monoisotopic (exact) mass is 257 g/mol. The van der Waals surface area contributed by atoms with Gasteiger partial charge in [0.2, 0.25) is 5.91 Å². The van der Waals surface area contributed by atoms with Crippen molar-refractivity contribution in [2.24, 2.45) is 5.92 Å². The maximum atomic E-state index is 11.8. The molecule has 0 bridgehead atoms. The maximum Gasteiger partial charge on any atom is 0.225 e. The fourth-order valence-electron chi connectivity index (χ4n) is 2.38. The Morgan fingerprint density at radius 2 is 2.42 bits per heavy atom. The predicted octanol–water partition coefficient (Wildman–Crippen LogP) is 2.23. The topological polar surface area (TPSA) is 56.1 Å². The van der Waals surface area contributed by atoms with Crippen molar-refractivity contribution in [3.8, 4) is 6.07 Å². The number of likely N-dealkylation sites (tertiary alicyclic amines) is 1. The van der Waals surface area contributed by atoms with Crippen LogP contribution in [0.5, 0.6) is 0 Å². The Morgan fingerprint density at radius 3 is 3.11 bits per heavy atom. The molecule has 1 aliphatic heterocycles. The van der Waals surface area contributed by atoms with Crippen LogP contribution in [0.15, 0.2) is 24.3 Å². The van der Waals surface area contributed by atoms with Crippen LogP contribution in [0.1, 0.15) is 25.3 Å². The van der Waals surface area contributed by atoms with Gasteiger partial charge in [-0.25, -0.2) is 0 Å². The first-order valence-corrected chi connectivity index (χ1v) is 6.70. The lowest BCUT2D eigenvalue weighted by Gasteiger charge is -2.14. The minimum atomic E-state index is 0.00893. The molecule has 1 fully saturated rings. The molecule has 1 aromatic rings. The van der Waals surface area contributed by atoms with Gasteiger partial charge in [-0.1, -0.05) is 13.0 Å². The fourth-order valence-corrected chi connectivity index (χ4v) is 2.38. The molecule has 0 radical (unpaired) electrons. The van der Waals surface area contributed by atoms with Crippen molar-refractivity contribution < 1.29 is 4.79 Å². The van der Waals surface area contributed by atoms with Gasteiger partial charge in [0.25, 0.3) is 0 Å². The van der Waals surface area contributed by atoms with Crippen molar-refractivity contribution >= 4 is 11.6 Å². The molecular formula is C15H19N3O. The Balaban J connectivity index is 1.79. The highest BCUT2D eigenvalue weighted by atomic mass is 16.1. The van der Waals surface area contributed by atoms with Crippen LogP contribution in [0.4, 0.5) is 5.69 Å². The Hall–Kier alpha value is -1.86. The van der Waals surface area contributed by atoms with Crippen LogP contribution in [0.2, 0.25) is 0 Å². The van der Waals surface area contributed by atoms with Crippen LogP contribution in [0.25, 0.3) is 0 Å². The third kappa shape index (κ3) is 4.08. The smallest absolute Gasteiger partial charge is 0.225 e. The lowest BCUT2D eigenvalue weighted by atomic mass is 10.2. The third-order valence-electron chi connectivity index (χ3n) is 3.44. The van der Waals surface area contributed by atoms with Crippen molar-refractivity contribution in [3.63, 3.8) is 0 Å². The molecule has 1 aromatic carbocycles. The van der Waals surface area contributed by atoms with Crippen LogP contribution in [-0.4, -0.2) is 30.4 Å². The number of carbonyl (C=O) groups excluding carboxylic acids is 1. The van der Waals surface area contributed by atoms with Crippen LogP contribution in [-0.2, 0) is 4.79 Å². The fraction of sp³-hybridized carbons (Fsp3) is 0.467. The second kappa shape index (κ2) is 6.35. The zero-order chi connectivity index (χ0) is 13.7. The van der Waals surface area contributed by atoms with Crippen molar-refractivity contribution in [3.05, 3.63) is 29.8 Å². The molecule has 1 unspecified atom stereocenters. The number of hydrogen-bond donors (Lipinski definition) is 1. The minimum Gasteiger partial charge on any atom is -0.326 e. The number of nitrogens with one attached hydrogen (secondary N) is 1. The summed E-state index contributed by atoms with van der Waals surface area (Å²) in [7, 11) is 0. The summed E-state index contributed by atoms with van der Waals surface area (Å²) in [5, 5.41) is 11.6. The molecule has 19 heavy (non-hydrogen) atoms. The summed E-state index contributed by atoms with van der Waals surface area (Å²) in [4.78, 5) is 14.2. The third-order valence-corrected chi connectivity index (χ3v) is 3.44. The molecule has 1 N–H and O–H groups in total. The SMILES string of the molecule is CC1CCN(CCC(=O)Nc2cccc(C#N)c2)C1. The molecule has 1 aliphatic rings. The van der Waals surface area contributed by atoms with E-state index in [9.17, 15) is 4.79 Å². The van der Waals surface area contributed by atoms with Gasteiger partial charge in [0.15, 0.2) is 0 Å². The van der Waals surface area contributed by atoms with E-state index in [-0.39, 0.29) is 5.91 Å². The first-order valence-electron chi connectivity index (χ1n) is 6.70.